The second kappa shape index (κ2) is 8.22. The molecule has 2 aromatic carbocycles. The van der Waals surface area contributed by atoms with Crippen molar-refractivity contribution in [3.8, 4) is 5.75 Å². The number of hydrogen-bond donors (Lipinski definition) is 2. The molecule has 6 rings (SSSR count). The quantitative estimate of drug-likeness (QED) is 0.391. The summed E-state index contributed by atoms with van der Waals surface area (Å²) in [5.41, 5.74) is 3.69. The average Bonchev–Trinajstić information content (AvgIpc) is 3.46. The topological polar surface area (TPSA) is 48.5 Å². The molecule has 2 aliphatic rings. The number of fused-ring (bicyclic) bond motifs is 4. The van der Waals surface area contributed by atoms with Crippen molar-refractivity contribution >= 4 is 32.3 Å². The Morgan fingerprint density at radius 2 is 1.97 bits per heavy atom. The minimum atomic E-state index is -0.480. The number of aryl methyl sites for hydroxylation is 1. The van der Waals surface area contributed by atoms with E-state index in [-0.39, 0.29) is 0 Å². The number of rotatable bonds is 6. The van der Waals surface area contributed by atoms with Crippen LogP contribution in [0.25, 0.3) is 21.0 Å². The molecule has 0 radical (unpaired) electrons. The van der Waals surface area contributed by atoms with Crippen LogP contribution in [-0.4, -0.2) is 46.3 Å². The monoisotopic (exact) mass is 446 g/mol. The lowest BCUT2D eigenvalue weighted by Gasteiger charge is -2.40. The van der Waals surface area contributed by atoms with E-state index in [0.29, 0.717) is 31.2 Å². The zero-order valence-corrected chi connectivity index (χ0v) is 19.3. The number of thiophene rings is 1. The molecule has 3 unspecified atom stereocenters. The second-order valence-electron chi connectivity index (χ2n) is 9.60. The molecule has 0 amide bonds. The summed E-state index contributed by atoms with van der Waals surface area (Å²) >= 11 is 1.82. The van der Waals surface area contributed by atoms with Gasteiger partial charge in [-0.25, -0.2) is 0 Å². The fourth-order valence-electron chi connectivity index (χ4n) is 5.96. The second-order valence-corrected chi connectivity index (χ2v) is 10.6. The molecule has 2 aromatic heterocycles. The molecule has 3 atom stereocenters. The van der Waals surface area contributed by atoms with E-state index in [4.69, 9.17) is 4.74 Å². The first-order valence-electron chi connectivity index (χ1n) is 11.8. The van der Waals surface area contributed by atoms with Crippen LogP contribution in [0.1, 0.15) is 42.9 Å². The molecular weight excluding hydrogens is 416 g/mol. The molecule has 166 valence electrons. The number of ether oxygens (including phenoxy) is 1. The molecular formula is C27H30N2O2S. The predicted octanol–water partition coefficient (Wildman–Crippen LogP) is 5.84. The van der Waals surface area contributed by atoms with Crippen molar-refractivity contribution in [2.75, 3.05) is 13.2 Å². The predicted molar refractivity (Wildman–Crippen MR) is 132 cm³/mol. The van der Waals surface area contributed by atoms with E-state index in [0.717, 1.165) is 22.3 Å². The molecule has 0 saturated carbocycles. The molecule has 2 fully saturated rings. The van der Waals surface area contributed by atoms with Gasteiger partial charge in [0.1, 0.15) is 18.5 Å². The Balaban J connectivity index is 1.09. The van der Waals surface area contributed by atoms with Crippen molar-refractivity contribution in [3.05, 3.63) is 65.2 Å². The standard InChI is InChI=1S/C27H30N2O2S/c1-17-11-24-25(28-17)3-2-4-26(24)31-16-23(30)15-29-21-6-7-22(29)14-20(13-21)18-5-8-27-19(12-18)9-10-32-27/h2-5,8-12,20-23,28,30H,6-7,13-16H2,1H3. The number of hydrogen-bond acceptors (Lipinski definition) is 4. The van der Waals surface area contributed by atoms with Crippen LogP contribution in [0.3, 0.4) is 0 Å². The Bertz CT molecular complexity index is 1230. The summed E-state index contributed by atoms with van der Waals surface area (Å²) in [5.74, 6) is 1.48. The Hall–Kier alpha value is -2.34. The number of H-pyrrole nitrogens is 1. The molecule has 4 heterocycles. The van der Waals surface area contributed by atoms with Gasteiger partial charge in [-0.05, 0) is 85.2 Å². The van der Waals surface area contributed by atoms with Crippen LogP contribution in [0.4, 0.5) is 0 Å². The zero-order chi connectivity index (χ0) is 21.7. The number of nitrogens with zero attached hydrogens (tertiary/aromatic N) is 1. The van der Waals surface area contributed by atoms with Crippen LogP contribution in [0.2, 0.25) is 0 Å². The zero-order valence-electron chi connectivity index (χ0n) is 18.5. The highest BCUT2D eigenvalue weighted by Gasteiger charge is 2.41. The van der Waals surface area contributed by atoms with E-state index in [1.165, 1.54) is 41.3 Å². The van der Waals surface area contributed by atoms with Gasteiger partial charge < -0.3 is 14.8 Å². The summed E-state index contributed by atoms with van der Waals surface area (Å²) in [5, 5.41) is 15.5. The van der Waals surface area contributed by atoms with Crippen molar-refractivity contribution in [3.63, 3.8) is 0 Å². The van der Waals surface area contributed by atoms with Crippen LogP contribution >= 0.6 is 11.3 Å². The van der Waals surface area contributed by atoms with Gasteiger partial charge >= 0.3 is 0 Å². The maximum Gasteiger partial charge on any atom is 0.128 e. The first kappa shape index (κ1) is 20.3. The third-order valence-electron chi connectivity index (χ3n) is 7.44. The minimum Gasteiger partial charge on any atom is -0.490 e. The maximum atomic E-state index is 10.8. The summed E-state index contributed by atoms with van der Waals surface area (Å²) in [6, 6.07) is 18.6. The number of aliphatic hydroxyl groups is 1. The van der Waals surface area contributed by atoms with Crippen LogP contribution in [-0.2, 0) is 0 Å². The van der Waals surface area contributed by atoms with E-state index in [1.54, 1.807) is 0 Å². The van der Waals surface area contributed by atoms with E-state index >= 15 is 0 Å². The van der Waals surface area contributed by atoms with Crippen molar-refractivity contribution in [2.24, 2.45) is 0 Å². The lowest BCUT2D eigenvalue weighted by atomic mass is 9.84. The van der Waals surface area contributed by atoms with Gasteiger partial charge in [-0.1, -0.05) is 18.2 Å². The molecule has 2 bridgehead atoms. The van der Waals surface area contributed by atoms with Gasteiger partial charge in [0.15, 0.2) is 0 Å². The smallest absolute Gasteiger partial charge is 0.128 e. The summed E-state index contributed by atoms with van der Waals surface area (Å²) in [6.45, 7) is 3.09. The Kier molecular flexibility index (Phi) is 5.21. The third-order valence-corrected chi connectivity index (χ3v) is 8.34. The summed E-state index contributed by atoms with van der Waals surface area (Å²) in [4.78, 5) is 5.91. The summed E-state index contributed by atoms with van der Waals surface area (Å²) in [7, 11) is 0. The van der Waals surface area contributed by atoms with Crippen LogP contribution < -0.4 is 4.74 Å². The molecule has 0 spiro atoms. The van der Waals surface area contributed by atoms with E-state index < -0.39 is 6.10 Å². The fourth-order valence-corrected chi connectivity index (χ4v) is 6.73. The van der Waals surface area contributed by atoms with Crippen molar-refractivity contribution < 1.29 is 9.84 Å². The van der Waals surface area contributed by atoms with Gasteiger partial charge in [-0.2, -0.15) is 0 Å². The van der Waals surface area contributed by atoms with Gasteiger partial charge in [0.25, 0.3) is 0 Å². The number of aromatic nitrogens is 1. The number of aliphatic hydroxyl groups excluding tert-OH is 1. The first-order chi connectivity index (χ1) is 15.6. The highest BCUT2D eigenvalue weighted by molar-refractivity contribution is 7.17. The first-order valence-corrected chi connectivity index (χ1v) is 12.6. The van der Waals surface area contributed by atoms with Crippen molar-refractivity contribution in [2.45, 2.75) is 56.7 Å². The molecule has 4 aromatic rings. The number of piperidine rings is 1. The number of aromatic amines is 1. The molecule has 5 heteroatoms. The molecule has 2 aliphatic heterocycles. The van der Waals surface area contributed by atoms with Crippen molar-refractivity contribution in [1.29, 1.82) is 0 Å². The molecule has 4 nitrogen and oxygen atoms in total. The third kappa shape index (κ3) is 3.72. The maximum absolute atomic E-state index is 10.8. The van der Waals surface area contributed by atoms with Crippen LogP contribution in [0, 0.1) is 6.92 Å². The molecule has 2 N–H and O–H groups in total. The Morgan fingerprint density at radius 3 is 2.81 bits per heavy atom. The number of benzene rings is 2. The Labute approximate surface area is 192 Å². The van der Waals surface area contributed by atoms with E-state index in [2.05, 4.69) is 58.6 Å². The largest absolute Gasteiger partial charge is 0.490 e. The molecule has 0 aliphatic carbocycles. The summed E-state index contributed by atoms with van der Waals surface area (Å²) in [6.07, 6.45) is 4.41. The number of nitrogens with one attached hydrogen (secondary N) is 1. The van der Waals surface area contributed by atoms with Crippen molar-refractivity contribution in [1.82, 2.24) is 9.88 Å². The molecule has 2 saturated heterocycles. The van der Waals surface area contributed by atoms with E-state index in [1.807, 2.05) is 23.5 Å². The Morgan fingerprint density at radius 1 is 1.12 bits per heavy atom. The summed E-state index contributed by atoms with van der Waals surface area (Å²) < 4.78 is 7.43. The normalized spacial score (nSPS) is 24.4. The van der Waals surface area contributed by atoms with Gasteiger partial charge in [-0.3, -0.25) is 4.90 Å². The minimum absolute atomic E-state index is 0.331. The van der Waals surface area contributed by atoms with Gasteiger partial charge in [-0.15, -0.1) is 11.3 Å². The van der Waals surface area contributed by atoms with Gasteiger partial charge in [0, 0.05) is 39.9 Å². The van der Waals surface area contributed by atoms with Crippen LogP contribution in [0.5, 0.6) is 5.75 Å². The lowest BCUT2D eigenvalue weighted by molar-refractivity contribution is 0.0321. The fraction of sp³-hybridized carbons (Fsp3) is 0.407. The lowest BCUT2D eigenvalue weighted by Crippen LogP contribution is -2.47. The van der Waals surface area contributed by atoms with Crippen LogP contribution in [0.15, 0.2) is 53.9 Å². The van der Waals surface area contributed by atoms with Gasteiger partial charge in [0.2, 0.25) is 0 Å². The average molecular weight is 447 g/mol. The highest BCUT2D eigenvalue weighted by atomic mass is 32.1. The SMILES string of the molecule is Cc1cc2c(OCC(O)CN3C4CCC3CC(c3ccc5sccc5c3)C4)cccc2[nH]1. The molecule has 32 heavy (non-hydrogen) atoms. The van der Waals surface area contributed by atoms with E-state index in [9.17, 15) is 5.11 Å². The highest BCUT2D eigenvalue weighted by Crippen LogP contribution is 2.43. The van der Waals surface area contributed by atoms with Gasteiger partial charge in [0.05, 0.1) is 0 Å².